The predicted octanol–water partition coefficient (Wildman–Crippen LogP) is 0.353. The first-order chi connectivity index (χ1) is 5.36. The van der Waals surface area contributed by atoms with E-state index in [0.29, 0.717) is 6.10 Å². The Balaban J connectivity index is 1.88. The highest BCUT2D eigenvalue weighted by Crippen LogP contribution is 2.10. The molecule has 0 amide bonds. The Hall–Kier alpha value is -0.120. The zero-order valence-electron chi connectivity index (χ0n) is 7.38. The summed E-state index contributed by atoms with van der Waals surface area (Å²) in [6.45, 7) is 4.21. The lowest BCUT2D eigenvalue weighted by molar-refractivity contribution is -0.0315. The van der Waals surface area contributed by atoms with Gasteiger partial charge >= 0.3 is 0 Å². The van der Waals surface area contributed by atoms with Crippen LogP contribution in [0.2, 0.25) is 0 Å². The second-order valence-electron chi connectivity index (χ2n) is 2.96. The number of nitrogens with zero attached hydrogens (tertiary/aromatic N) is 1. The molecule has 0 aliphatic carbocycles. The molecule has 0 spiro atoms. The van der Waals surface area contributed by atoms with Gasteiger partial charge in [0.05, 0.1) is 6.10 Å². The van der Waals surface area contributed by atoms with E-state index >= 15 is 0 Å². The van der Waals surface area contributed by atoms with E-state index in [1.165, 1.54) is 0 Å². The number of likely N-dealkylation sites (tertiary alicyclic amines) is 1. The van der Waals surface area contributed by atoms with Crippen LogP contribution in [0.4, 0.5) is 0 Å². The zero-order valence-corrected chi connectivity index (χ0v) is 7.38. The molecule has 0 unspecified atom stereocenters. The maximum Gasteiger partial charge on any atom is 0.0824 e. The van der Waals surface area contributed by atoms with Gasteiger partial charge in [0.25, 0.3) is 0 Å². The van der Waals surface area contributed by atoms with Gasteiger partial charge in [-0.15, -0.1) is 0 Å². The van der Waals surface area contributed by atoms with Crippen LogP contribution in [-0.4, -0.2) is 51.5 Å². The highest BCUT2D eigenvalue weighted by molar-refractivity contribution is 4.79. The van der Waals surface area contributed by atoms with E-state index in [0.717, 1.165) is 32.7 Å². The van der Waals surface area contributed by atoms with Crippen molar-refractivity contribution in [3.63, 3.8) is 0 Å². The van der Waals surface area contributed by atoms with Crippen molar-refractivity contribution in [3.05, 3.63) is 0 Å². The summed E-state index contributed by atoms with van der Waals surface area (Å²) in [7, 11) is 3.52. The Kier molecular flexibility index (Phi) is 3.83. The molecule has 0 aromatic heterocycles. The second kappa shape index (κ2) is 4.70. The van der Waals surface area contributed by atoms with Crippen LogP contribution >= 0.6 is 0 Å². The number of ether oxygens (including phenoxy) is 2. The van der Waals surface area contributed by atoms with Crippen molar-refractivity contribution in [2.75, 3.05) is 40.5 Å². The average Bonchev–Trinajstić information content (AvgIpc) is 1.94. The fourth-order valence-corrected chi connectivity index (χ4v) is 1.29. The summed E-state index contributed by atoms with van der Waals surface area (Å²) in [6, 6.07) is 0. The largest absolute Gasteiger partial charge is 0.385 e. The van der Waals surface area contributed by atoms with Gasteiger partial charge in [0.2, 0.25) is 0 Å². The molecule has 3 nitrogen and oxygen atoms in total. The standard InChI is InChI=1S/C8H17NO2/c1-10-5-3-4-9-6-8(7-9)11-2/h8H,3-7H2,1-2H3. The molecule has 1 aliphatic rings. The van der Waals surface area contributed by atoms with Crippen molar-refractivity contribution in [2.45, 2.75) is 12.5 Å². The zero-order chi connectivity index (χ0) is 8.10. The lowest BCUT2D eigenvalue weighted by Gasteiger charge is -2.38. The monoisotopic (exact) mass is 159 g/mol. The first kappa shape index (κ1) is 8.97. The lowest BCUT2D eigenvalue weighted by atomic mass is 10.1. The summed E-state index contributed by atoms with van der Waals surface area (Å²) in [5.41, 5.74) is 0. The fourth-order valence-electron chi connectivity index (χ4n) is 1.29. The van der Waals surface area contributed by atoms with Crippen molar-refractivity contribution < 1.29 is 9.47 Å². The van der Waals surface area contributed by atoms with Gasteiger partial charge in [-0.1, -0.05) is 0 Å². The summed E-state index contributed by atoms with van der Waals surface area (Å²) in [6.07, 6.45) is 1.62. The molecule has 11 heavy (non-hydrogen) atoms. The van der Waals surface area contributed by atoms with Gasteiger partial charge in [-0.05, 0) is 6.42 Å². The van der Waals surface area contributed by atoms with E-state index in [1.807, 2.05) is 0 Å². The van der Waals surface area contributed by atoms with E-state index in [9.17, 15) is 0 Å². The van der Waals surface area contributed by atoms with Crippen LogP contribution in [0, 0.1) is 0 Å². The van der Waals surface area contributed by atoms with Crippen LogP contribution in [0.3, 0.4) is 0 Å². The van der Waals surface area contributed by atoms with Crippen molar-refractivity contribution in [1.29, 1.82) is 0 Å². The van der Waals surface area contributed by atoms with E-state index in [2.05, 4.69) is 4.90 Å². The fraction of sp³-hybridized carbons (Fsp3) is 1.00. The minimum absolute atomic E-state index is 0.484. The maximum atomic E-state index is 5.15. The minimum atomic E-state index is 0.484. The molecule has 1 rings (SSSR count). The predicted molar refractivity (Wildman–Crippen MR) is 43.7 cm³/mol. The van der Waals surface area contributed by atoms with Crippen molar-refractivity contribution in [1.82, 2.24) is 4.90 Å². The summed E-state index contributed by atoms with van der Waals surface area (Å²) < 4.78 is 10.1. The van der Waals surface area contributed by atoms with Crippen LogP contribution in [-0.2, 0) is 9.47 Å². The molecule has 0 bridgehead atoms. The van der Waals surface area contributed by atoms with Crippen molar-refractivity contribution >= 4 is 0 Å². The molecular weight excluding hydrogens is 142 g/mol. The third kappa shape index (κ3) is 2.77. The Morgan fingerprint density at radius 2 is 2.09 bits per heavy atom. The van der Waals surface area contributed by atoms with Gasteiger partial charge in [-0.25, -0.2) is 0 Å². The van der Waals surface area contributed by atoms with Crippen LogP contribution in [0.25, 0.3) is 0 Å². The first-order valence-corrected chi connectivity index (χ1v) is 4.11. The molecule has 66 valence electrons. The van der Waals surface area contributed by atoms with Gasteiger partial charge < -0.3 is 9.47 Å². The molecule has 0 atom stereocenters. The molecule has 0 aromatic carbocycles. The van der Waals surface area contributed by atoms with Gasteiger partial charge in [-0.2, -0.15) is 0 Å². The summed E-state index contributed by atoms with van der Waals surface area (Å²) >= 11 is 0. The lowest BCUT2D eigenvalue weighted by Crippen LogP contribution is -2.51. The second-order valence-corrected chi connectivity index (χ2v) is 2.96. The number of hydrogen-bond acceptors (Lipinski definition) is 3. The van der Waals surface area contributed by atoms with Crippen LogP contribution in [0.5, 0.6) is 0 Å². The Morgan fingerprint density at radius 1 is 1.36 bits per heavy atom. The molecule has 1 saturated heterocycles. The summed E-state index contributed by atoms with van der Waals surface area (Å²) in [5, 5.41) is 0. The van der Waals surface area contributed by atoms with Crippen LogP contribution in [0.15, 0.2) is 0 Å². The Bertz CT molecular complexity index is 102. The topological polar surface area (TPSA) is 21.7 Å². The molecule has 0 N–H and O–H groups in total. The van der Waals surface area contributed by atoms with E-state index < -0.39 is 0 Å². The molecule has 1 heterocycles. The molecule has 1 fully saturated rings. The summed E-state index contributed by atoms with van der Waals surface area (Å²) in [5.74, 6) is 0. The Labute approximate surface area is 68.3 Å². The Morgan fingerprint density at radius 3 is 2.64 bits per heavy atom. The van der Waals surface area contributed by atoms with E-state index in [4.69, 9.17) is 9.47 Å². The van der Waals surface area contributed by atoms with Gasteiger partial charge in [0.1, 0.15) is 0 Å². The van der Waals surface area contributed by atoms with Crippen molar-refractivity contribution in [2.24, 2.45) is 0 Å². The third-order valence-electron chi connectivity index (χ3n) is 2.08. The number of methoxy groups -OCH3 is 2. The quantitative estimate of drug-likeness (QED) is 0.540. The molecule has 0 aromatic rings. The van der Waals surface area contributed by atoms with Gasteiger partial charge in [0.15, 0.2) is 0 Å². The normalized spacial score (nSPS) is 20.2. The summed E-state index contributed by atoms with van der Waals surface area (Å²) in [4.78, 5) is 2.38. The van der Waals surface area contributed by atoms with E-state index in [-0.39, 0.29) is 0 Å². The van der Waals surface area contributed by atoms with Crippen LogP contribution < -0.4 is 0 Å². The van der Waals surface area contributed by atoms with Gasteiger partial charge in [0, 0.05) is 40.5 Å². The van der Waals surface area contributed by atoms with Gasteiger partial charge in [-0.3, -0.25) is 4.90 Å². The average molecular weight is 159 g/mol. The molecule has 0 saturated carbocycles. The molecule has 0 radical (unpaired) electrons. The SMILES string of the molecule is COCCCN1CC(OC)C1. The van der Waals surface area contributed by atoms with Crippen molar-refractivity contribution in [3.8, 4) is 0 Å². The first-order valence-electron chi connectivity index (χ1n) is 4.11. The number of rotatable bonds is 5. The highest BCUT2D eigenvalue weighted by Gasteiger charge is 2.24. The molecular formula is C8H17NO2. The third-order valence-corrected chi connectivity index (χ3v) is 2.08. The smallest absolute Gasteiger partial charge is 0.0824 e. The molecule has 1 aliphatic heterocycles. The molecule has 3 heteroatoms. The van der Waals surface area contributed by atoms with Crippen LogP contribution in [0.1, 0.15) is 6.42 Å². The van der Waals surface area contributed by atoms with E-state index in [1.54, 1.807) is 14.2 Å². The maximum absolute atomic E-state index is 5.15. The highest BCUT2D eigenvalue weighted by atomic mass is 16.5. The number of hydrogen-bond donors (Lipinski definition) is 0. The minimum Gasteiger partial charge on any atom is -0.385 e.